The van der Waals surface area contributed by atoms with Crippen molar-refractivity contribution in [1.82, 2.24) is 29.7 Å². The highest BCUT2D eigenvalue weighted by atomic mass is 32.1. The quantitative estimate of drug-likeness (QED) is 0.602. The number of nitrogens with zero attached hydrogens (tertiary/aromatic N) is 7. The fourth-order valence-electron chi connectivity index (χ4n) is 3.93. The molecule has 1 atom stereocenters. The van der Waals surface area contributed by atoms with Crippen LogP contribution >= 0.6 is 11.3 Å². The number of hydrogen-bond acceptors (Lipinski definition) is 7. The van der Waals surface area contributed by atoms with Crippen molar-refractivity contribution in [1.29, 1.82) is 0 Å². The molecule has 5 rings (SSSR count). The van der Waals surface area contributed by atoms with Gasteiger partial charge in [-0.3, -0.25) is 9.67 Å². The van der Waals surface area contributed by atoms with Gasteiger partial charge >= 0.3 is 6.03 Å². The highest BCUT2D eigenvalue weighted by Crippen LogP contribution is 2.32. The number of aromatic nitrogens is 4. The number of thiazole rings is 1. The Kier molecular flexibility index (Phi) is 5.12. The van der Waals surface area contributed by atoms with Crippen molar-refractivity contribution in [2.75, 3.05) is 13.1 Å². The van der Waals surface area contributed by atoms with Crippen LogP contribution in [0, 0.1) is 19.7 Å². The molecule has 11 heteroatoms. The predicted molar refractivity (Wildman–Crippen MR) is 117 cm³/mol. The van der Waals surface area contributed by atoms with Crippen LogP contribution in [0.1, 0.15) is 28.7 Å². The van der Waals surface area contributed by atoms with Crippen molar-refractivity contribution in [2.24, 2.45) is 12.1 Å². The topological polar surface area (TPSA) is 88.7 Å². The number of pyridine rings is 1. The summed E-state index contributed by atoms with van der Waals surface area (Å²) in [6, 6.07) is 1.19. The molecule has 2 aliphatic heterocycles. The van der Waals surface area contributed by atoms with Gasteiger partial charge in [0.1, 0.15) is 12.1 Å². The highest BCUT2D eigenvalue weighted by molar-refractivity contribution is 7.09. The molecule has 1 saturated heterocycles. The van der Waals surface area contributed by atoms with E-state index in [4.69, 9.17) is 4.74 Å². The van der Waals surface area contributed by atoms with E-state index in [9.17, 15) is 9.18 Å². The molecule has 1 fully saturated rings. The number of likely N-dealkylation sites (tertiary alicyclic amines) is 1. The molecule has 2 aliphatic rings. The van der Waals surface area contributed by atoms with Crippen molar-refractivity contribution in [3.05, 3.63) is 45.9 Å². The number of rotatable bonds is 4. The van der Waals surface area contributed by atoms with Crippen LogP contribution in [0.4, 0.5) is 9.18 Å². The Hall–Kier alpha value is -3.34. The van der Waals surface area contributed by atoms with Gasteiger partial charge in [-0.15, -0.1) is 11.3 Å². The van der Waals surface area contributed by atoms with E-state index < -0.39 is 5.82 Å². The van der Waals surface area contributed by atoms with Gasteiger partial charge in [0.25, 0.3) is 0 Å². The highest BCUT2D eigenvalue weighted by Gasteiger charge is 2.39. The van der Waals surface area contributed by atoms with Gasteiger partial charge in [-0.05, 0) is 19.4 Å². The van der Waals surface area contributed by atoms with Gasteiger partial charge in [0, 0.05) is 31.1 Å². The van der Waals surface area contributed by atoms with E-state index in [0.29, 0.717) is 25.2 Å². The number of carbonyl (C=O) groups is 1. The summed E-state index contributed by atoms with van der Waals surface area (Å²) in [6.07, 6.45) is 4.96. The van der Waals surface area contributed by atoms with E-state index in [1.54, 1.807) is 39.4 Å². The number of hydrogen-bond donors (Lipinski definition) is 0. The number of aryl methyl sites for hydroxylation is 3. The van der Waals surface area contributed by atoms with Crippen LogP contribution in [0.15, 0.2) is 28.9 Å². The maximum absolute atomic E-state index is 14.4. The summed E-state index contributed by atoms with van der Waals surface area (Å²) in [5.41, 5.74) is 3.17. The summed E-state index contributed by atoms with van der Waals surface area (Å²) in [5.74, 6) is -0.427. The van der Waals surface area contributed by atoms with E-state index in [0.717, 1.165) is 28.2 Å². The number of urea groups is 1. The standard InChI is InChI=1S/C21H22FN7O2S/c1-12-7-25-27(3)20(12)16-6-19(15(22)8-23-16)31-14-9-28(10-14)21(30)29-18(4-5-24-29)17-11-32-13(2)26-17/h5-8,11,14,18H,4,9-10H2,1-3H3/t18-/m0/s1. The van der Waals surface area contributed by atoms with Gasteiger partial charge in [0.15, 0.2) is 11.6 Å². The molecule has 2 amide bonds. The molecule has 0 spiro atoms. The molecule has 0 aliphatic carbocycles. The molecule has 32 heavy (non-hydrogen) atoms. The second-order valence-corrected chi connectivity index (χ2v) is 8.97. The molecule has 0 radical (unpaired) electrons. The molecule has 9 nitrogen and oxygen atoms in total. The monoisotopic (exact) mass is 455 g/mol. The molecule has 166 valence electrons. The van der Waals surface area contributed by atoms with E-state index in [1.165, 1.54) is 5.01 Å². The second kappa shape index (κ2) is 7.97. The van der Waals surface area contributed by atoms with Crippen LogP contribution in [0.2, 0.25) is 0 Å². The molecule has 5 heterocycles. The Morgan fingerprint density at radius 1 is 1.28 bits per heavy atom. The van der Waals surface area contributed by atoms with Crippen molar-refractivity contribution in [2.45, 2.75) is 32.4 Å². The molecule has 3 aromatic heterocycles. The smallest absolute Gasteiger partial charge is 0.341 e. The molecule has 0 unspecified atom stereocenters. The van der Waals surface area contributed by atoms with Crippen LogP contribution in [-0.4, -0.2) is 61.1 Å². The summed E-state index contributed by atoms with van der Waals surface area (Å²) in [6.45, 7) is 4.57. The van der Waals surface area contributed by atoms with E-state index >= 15 is 0 Å². The fraction of sp³-hybridized carbons (Fsp3) is 0.381. The lowest BCUT2D eigenvalue weighted by atomic mass is 10.1. The first kappa shape index (κ1) is 20.6. The minimum Gasteiger partial charge on any atom is -0.483 e. The summed E-state index contributed by atoms with van der Waals surface area (Å²) in [4.78, 5) is 23.3. The molecular formula is C21H22FN7O2S. The zero-order chi connectivity index (χ0) is 22.4. The van der Waals surface area contributed by atoms with Crippen molar-refractivity contribution in [3.8, 4) is 17.1 Å². The molecular weight excluding hydrogens is 433 g/mol. The number of hydrazone groups is 1. The molecule has 3 aromatic rings. The lowest BCUT2D eigenvalue weighted by Gasteiger charge is -2.40. The first-order valence-electron chi connectivity index (χ1n) is 10.2. The summed E-state index contributed by atoms with van der Waals surface area (Å²) in [7, 11) is 1.81. The Balaban J connectivity index is 1.24. The number of ether oxygens (including phenoxy) is 1. The second-order valence-electron chi connectivity index (χ2n) is 7.91. The lowest BCUT2D eigenvalue weighted by molar-refractivity contribution is 0.0255. The van der Waals surface area contributed by atoms with Crippen molar-refractivity contribution in [3.63, 3.8) is 0 Å². The van der Waals surface area contributed by atoms with Crippen LogP contribution < -0.4 is 4.74 Å². The van der Waals surface area contributed by atoms with Gasteiger partial charge in [-0.1, -0.05) is 0 Å². The maximum atomic E-state index is 14.4. The Bertz CT molecular complexity index is 1180. The number of carbonyl (C=O) groups excluding carboxylic acids is 1. The number of halogens is 1. The minimum absolute atomic E-state index is 0.114. The van der Waals surface area contributed by atoms with Crippen LogP contribution in [0.3, 0.4) is 0 Å². The zero-order valence-electron chi connectivity index (χ0n) is 17.9. The lowest BCUT2D eigenvalue weighted by Crippen LogP contribution is -2.58. The van der Waals surface area contributed by atoms with Gasteiger partial charge in [0.05, 0.1) is 47.6 Å². The average molecular weight is 456 g/mol. The van der Waals surface area contributed by atoms with Gasteiger partial charge in [0.2, 0.25) is 0 Å². The van der Waals surface area contributed by atoms with Crippen molar-refractivity contribution < 1.29 is 13.9 Å². The van der Waals surface area contributed by atoms with Gasteiger partial charge in [-0.2, -0.15) is 10.2 Å². The average Bonchev–Trinajstić information content (AvgIpc) is 3.46. The van der Waals surface area contributed by atoms with Gasteiger partial charge in [-0.25, -0.2) is 19.2 Å². The Labute approximate surface area is 188 Å². The van der Waals surface area contributed by atoms with E-state index in [-0.39, 0.29) is 23.9 Å². The third kappa shape index (κ3) is 3.62. The minimum atomic E-state index is -0.540. The zero-order valence-corrected chi connectivity index (χ0v) is 18.7. The van der Waals surface area contributed by atoms with Gasteiger partial charge < -0.3 is 9.64 Å². The van der Waals surface area contributed by atoms with Crippen LogP contribution in [-0.2, 0) is 7.05 Å². The largest absolute Gasteiger partial charge is 0.483 e. The Morgan fingerprint density at radius 3 is 2.78 bits per heavy atom. The third-order valence-electron chi connectivity index (χ3n) is 5.60. The molecule has 0 N–H and O–H groups in total. The molecule has 0 saturated carbocycles. The van der Waals surface area contributed by atoms with E-state index in [2.05, 4.69) is 20.2 Å². The first-order valence-corrected chi connectivity index (χ1v) is 11.1. The molecule has 0 aromatic carbocycles. The van der Waals surface area contributed by atoms with Crippen LogP contribution in [0.25, 0.3) is 11.4 Å². The van der Waals surface area contributed by atoms with E-state index in [1.807, 2.05) is 26.3 Å². The Morgan fingerprint density at radius 2 is 2.09 bits per heavy atom. The normalized spacial score (nSPS) is 18.3. The van der Waals surface area contributed by atoms with Crippen molar-refractivity contribution >= 4 is 23.6 Å². The third-order valence-corrected chi connectivity index (χ3v) is 6.39. The van der Waals surface area contributed by atoms with Crippen LogP contribution in [0.5, 0.6) is 5.75 Å². The fourth-order valence-corrected chi connectivity index (χ4v) is 4.58. The number of amides is 2. The summed E-state index contributed by atoms with van der Waals surface area (Å²) >= 11 is 1.55. The first-order chi connectivity index (χ1) is 15.4. The maximum Gasteiger partial charge on any atom is 0.341 e. The summed E-state index contributed by atoms with van der Waals surface area (Å²) < 4.78 is 21.9. The predicted octanol–water partition coefficient (Wildman–Crippen LogP) is 3.31. The molecule has 0 bridgehead atoms. The summed E-state index contributed by atoms with van der Waals surface area (Å²) in [5, 5.41) is 12.8. The SMILES string of the molecule is Cc1nc([C@@H]2CC=NN2C(=O)N2CC(Oc3cc(-c4c(C)cnn4C)ncc3F)C2)cs1.